The van der Waals surface area contributed by atoms with Crippen LogP contribution in [0.5, 0.6) is 0 Å². The summed E-state index contributed by atoms with van der Waals surface area (Å²) in [7, 11) is 0. The van der Waals surface area contributed by atoms with Crippen molar-refractivity contribution in [2.24, 2.45) is 0 Å². The maximum Gasteiger partial charge on any atom is 0.117 e. The first-order valence-corrected chi connectivity index (χ1v) is 10.9. The molecule has 0 unspecified atom stereocenters. The summed E-state index contributed by atoms with van der Waals surface area (Å²) in [5, 5.41) is 0. The van der Waals surface area contributed by atoms with Crippen LogP contribution in [0, 0.1) is 0 Å². The molecular formula is C24H38O2. The Balaban J connectivity index is 2.20. The van der Waals surface area contributed by atoms with E-state index < -0.39 is 0 Å². The average molecular weight is 359 g/mol. The second kappa shape index (κ2) is 10.6. The van der Waals surface area contributed by atoms with E-state index in [1.54, 1.807) is 0 Å². The molecule has 0 radical (unpaired) electrons. The summed E-state index contributed by atoms with van der Waals surface area (Å²) >= 11 is 0. The molecule has 0 aliphatic carbocycles. The molecule has 0 saturated heterocycles. The predicted molar refractivity (Wildman–Crippen MR) is 110 cm³/mol. The van der Waals surface area contributed by atoms with Crippen molar-refractivity contribution in [2.45, 2.75) is 105 Å². The number of hydrogen-bond acceptors (Lipinski definition) is 2. The lowest BCUT2D eigenvalue weighted by Crippen LogP contribution is -1.99. The number of furan rings is 2. The minimum atomic E-state index is 0.194. The van der Waals surface area contributed by atoms with Gasteiger partial charge in [-0.1, -0.05) is 53.4 Å². The zero-order chi connectivity index (χ0) is 18.9. The number of hydrogen-bond donors (Lipinski definition) is 0. The molecule has 2 aromatic rings. The molecule has 2 heteroatoms. The van der Waals surface area contributed by atoms with E-state index in [0.29, 0.717) is 0 Å². The molecule has 26 heavy (non-hydrogen) atoms. The SMILES string of the molecule is CCCCCc1cc(CC)c(C(C)c2oc(CCCCC)cc2CC)o1. The molecule has 2 rings (SSSR count). The highest BCUT2D eigenvalue weighted by Gasteiger charge is 2.23. The standard InChI is InChI=1S/C24H38O2/c1-6-10-12-14-21-16-19(8-3)23(25-21)18(5)24-20(9-4)17-22(26-24)15-13-11-7-2/h16-18H,6-15H2,1-5H3. The van der Waals surface area contributed by atoms with Crippen LogP contribution < -0.4 is 0 Å². The lowest BCUT2D eigenvalue weighted by molar-refractivity contribution is 0.397. The van der Waals surface area contributed by atoms with Gasteiger partial charge >= 0.3 is 0 Å². The van der Waals surface area contributed by atoms with Gasteiger partial charge in [-0.3, -0.25) is 0 Å². The van der Waals surface area contributed by atoms with Crippen LogP contribution >= 0.6 is 0 Å². The molecule has 146 valence electrons. The Morgan fingerprint density at radius 3 is 1.46 bits per heavy atom. The van der Waals surface area contributed by atoms with Crippen molar-refractivity contribution in [1.82, 2.24) is 0 Å². The fourth-order valence-corrected chi connectivity index (χ4v) is 3.75. The lowest BCUT2D eigenvalue weighted by atomic mass is 9.97. The Labute approximate surface area is 160 Å². The maximum absolute atomic E-state index is 6.32. The van der Waals surface area contributed by atoms with Crippen molar-refractivity contribution in [3.63, 3.8) is 0 Å². The first kappa shape index (κ1) is 20.9. The van der Waals surface area contributed by atoms with Gasteiger partial charge < -0.3 is 8.83 Å². The fraction of sp³-hybridized carbons (Fsp3) is 0.667. The molecular weight excluding hydrogens is 320 g/mol. The Morgan fingerprint density at radius 2 is 1.12 bits per heavy atom. The van der Waals surface area contributed by atoms with E-state index in [4.69, 9.17) is 8.83 Å². The Morgan fingerprint density at radius 1 is 0.692 bits per heavy atom. The molecule has 2 heterocycles. The molecule has 0 N–H and O–H groups in total. The normalized spacial score (nSPS) is 11.6. The summed E-state index contributed by atoms with van der Waals surface area (Å²) in [5.74, 6) is 4.71. The third-order valence-electron chi connectivity index (χ3n) is 5.39. The summed E-state index contributed by atoms with van der Waals surface area (Å²) in [5.41, 5.74) is 2.69. The van der Waals surface area contributed by atoms with E-state index in [-0.39, 0.29) is 5.92 Å². The van der Waals surface area contributed by atoms with E-state index in [1.807, 2.05) is 0 Å². The molecule has 2 aromatic heterocycles. The smallest absolute Gasteiger partial charge is 0.117 e. The van der Waals surface area contributed by atoms with Crippen LogP contribution in [0.3, 0.4) is 0 Å². The van der Waals surface area contributed by atoms with Crippen LogP contribution in [-0.4, -0.2) is 0 Å². The molecule has 0 aromatic carbocycles. The Kier molecular flexibility index (Phi) is 8.54. The van der Waals surface area contributed by atoms with Crippen LogP contribution in [0.25, 0.3) is 0 Å². The van der Waals surface area contributed by atoms with Crippen molar-refractivity contribution < 1.29 is 8.83 Å². The molecule has 0 amide bonds. The molecule has 0 spiro atoms. The summed E-state index contributed by atoms with van der Waals surface area (Å²) in [6.45, 7) is 11.2. The van der Waals surface area contributed by atoms with Gasteiger partial charge in [0.2, 0.25) is 0 Å². The Bertz CT molecular complexity index is 591. The lowest BCUT2D eigenvalue weighted by Gasteiger charge is -2.10. The van der Waals surface area contributed by atoms with Gasteiger partial charge in [-0.05, 0) is 55.9 Å². The van der Waals surface area contributed by atoms with Gasteiger partial charge in [-0.25, -0.2) is 0 Å². The summed E-state index contributed by atoms with van der Waals surface area (Å²) in [6, 6.07) is 4.55. The van der Waals surface area contributed by atoms with Crippen molar-refractivity contribution >= 4 is 0 Å². The topological polar surface area (TPSA) is 26.3 Å². The van der Waals surface area contributed by atoms with Gasteiger partial charge in [-0.2, -0.15) is 0 Å². The maximum atomic E-state index is 6.32. The summed E-state index contributed by atoms with van der Waals surface area (Å²) in [6.07, 6.45) is 11.6. The van der Waals surface area contributed by atoms with Crippen LogP contribution in [0.2, 0.25) is 0 Å². The quantitative estimate of drug-likeness (QED) is 0.365. The van der Waals surface area contributed by atoms with Crippen LogP contribution in [0.1, 0.15) is 113 Å². The zero-order valence-electron chi connectivity index (χ0n) is 17.6. The van der Waals surface area contributed by atoms with Gasteiger partial charge in [0.15, 0.2) is 0 Å². The average Bonchev–Trinajstić information content (AvgIpc) is 3.25. The number of unbranched alkanes of at least 4 members (excludes halogenated alkanes) is 4. The predicted octanol–water partition coefficient (Wildman–Crippen LogP) is 7.61. The van der Waals surface area contributed by atoms with E-state index in [1.165, 1.54) is 49.7 Å². The van der Waals surface area contributed by atoms with Crippen molar-refractivity contribution in [2.75, 3.05) is 0 Å². The van der Waals surface area contributed by atoms with Crippen molar-refractivity contribution in [1.29, 1.82) is 0 Å². The third-order valence-corrected chi connectivity index (χ3v) is 5.39. The highest BCUT2D eigenvalue weighted by atomic mass is 16.4. The highest BCUT2D eigenvalue weighted by molar-refractivity contribution is 5.34. The van der Waals surface area contributed by atoms with E-state index in [9.17, 15) is 0 Å². The number of aryl methyl sites for hydroxylation is 4. The second-order valence-electron chi connectivity index (χ2n) is 7.55. The molecule has 0 atom stereocenters. The van der Waals surface area contributed by atoms with Gasteiger partial charge in [-0.15, -0.1) is 0 Å². The molecule has 0 bridgehead atoms. The summed E-state index contributed by atoms with van der Waals surface area (Å²) in [4.78, 5) is 0. The van der Waals surface area contributed by atoms with Gasteiger partial charge in [0, 0.05) is 12.8 Å². The van der Waals surface area contributed by atoms with Gasteiger partial charge in [0.25, 0.3) is 0 Å². The first-order chi connectivity index (χ1) is 12.6. The third kappa shape index (κ3) is 5.28. The van der Waals surface area contributed by atoms with Crippen LogP contribution in [0.15, 0.2) is 21.0 Å². The summed E-state index contributed by atoms with van der Waals surface area (Å²) < 4.78 is 12.6. The fourth-order valence-electron chi connectivity index (χ4n) is 3.75. The monoisotopic (exact) mass is 358 g/mol. The number of rotatable bonds is 12. The zero-order valence-corrected chi connectivity index (χ0v) is 17.6. The van der Waals surface area contributed by atoms with E-state index in [2.05, 4.69) is 46.8 Å². The molecule has 0 fully saturated rings. The highest BCUT2D eigenvalue weighted by Crippen LogP contribution is 2.34. The molecule has 0 saturated carbocycles. The van der Waals surface area contributed by atoms with Crippen molar-refractivity contribution in [3.05, 3.63) is 46.3 Å². The van der Waals surface area contributed by atoms with Crippen LogP contribution in [0.4, 0.5) is 0 Å². The second-order valence-corrected chi connectivity index (χ2v) is 7.55. The van der Waals surface area contributed by atoms with Gasteiger partial charge in [0.05, 0.1) is 5.92 Å². The largest absolute Gasteiger partial charge is 0.465 e. The first-order valence-electron chi connectivity index (χ1n) is 10.9. The Hall–Kier alpha value is -1.44. The van der Waals surface area contributed by atoms with Crippen molar-refractivity contribution in [3.8, 4) is 0 Å². The minimum Gasteiger partial charge on any atom is -0.465 e. The molecule has 0 aliphatic heterocycles. The minimum absolute atomic E-state index is 0.194. The van der Waals surface area contributed by atoms with E-state index >= 15 is 0 Å². The van der Waals surface area contributed by atoms with E-state index in [0.717, 1.165) is 48.7 Å². The molecule has 0 aliphatic rings. The van der Waals surface area contributed by atoms with Crippen LogP contribution in [-0.2, 0) is 25.7 Å². The van der Waals surface area contributed by atoms with Gasteiger partial charge in [0.1, 0.15) is 23.0 Å². The molecule has 2 nitrogen and oxygen atoms in total.